The number of imidazole rings is 1. The molecule has 0 saturated carbocycles. The van der Waals surface area contributed by atoms with Gasteiger partial charge in [-0.2, -0.15) is 0 Å². The molecule has 0 aromatic carbocycles. The molecule has 0 bridgehead atoms. The summed E-state index contributed by atoms with van der Waals surface area (Å²) in [4.78, 5) is 48.6. The van der Waals surface area contributed by atoms with Crippen molar-refractivity contribution in [3.05, 3.63) is 81.7 Å². The van der Waals surface area contributed by atoms with E-state index in [4.69, 9.17) is 5.11 Å². The van der Waals surface area contributed by atoms with Crippen molar-refractivity contribution in [3.63, 3.8) is 0 Å². The summed E-state index contributed by atoms with van der Waals surface area (Å²) in [6.07, 6.45) is 6.18. The Morgan fingerprint density at radius 1 is 1.06 bits per heavy atom. The summed E-state index contributed by atoms with van der Waals surface area (Å²) >= 11 is 0. The number of nitrogens with zero attached hydrogens (tertiary/aromatic N) is 7. The Morgan fingerprint density at radius 2 is 1.84 bits per heavy atom. The summed E-state index contributed by atoms with van der Waals surface area (Å²) in [5, 5.41) is 8.34. The Bertz CT molecular complexity index is 1330. The number of fused-ring (bicyclic) bond motifs is 1. The molecule has 0 spiro atoms. The Labute approximate surface area is 182 Å². The number of carbonyl (C=O) groups is 1. The average molecular weight is 437 g/mol. The lowest BCUT2D eigenvalue weighted by atomic mass is 10.3. The van der Waals surface area contributed by atoms with Crippen LogP contribution in [0, 0.1) is 0 Å². The number of hydrogen-bond acceptors (Lipinski definition) is 7. The van der Waals surface area contributed by atoms with E-state index in [1.165, 1.54) is 30.1 Å². The number of aromatic nitrogens is 6. The first-order valence-corrected chi connectivity index (χ1v) is 9.67. The standard InChI is InChI=1S/C15H18N6O2.C6H5NO2/c1-18(11-6-4-5-7-16-11)8-9-21-10-17-13-12(21)14(22)20(3)15(23)19(13)2;8-6(9)5-2-1-3-7-4-5/h4-7,10H,8-9H2,1-3H3;1-4H,(H,8,9). The SMILES string of the molecule is CN(CCn1cnc2c1c(=O)n(C)c(=O)n2C)c1ccccn1.O=C(O)c1cccnc1. The van der Waals surface area contributed by atoms with Crippen molar-refractivity contribution in [3.8, 4) is 0 Å². The normalized spacial score (nSPS) is 10.5. The van der Waals surface area contributed by atoms with Gasteiger partial charge in [0.15, 0.2) is 11.2 Å². The molecule has 0 atom stereocenters. The highest BCUT2D eigenvalue weighted by atomic mass is 16.4. The van der Waals surface area contributed by atoms with Gasteiger partial charge in [-0.3, -0.25) is 18.9 Å². The van der Waals surface area contributed by atoms with E-state index in [0.29, 0.717) is 24.3 Å². The number of rotatable bonds is 5. The second-order valence-corrected chi connectivity index (χ2v) is 6.97. The number of aryl methyl sites for hydroxylation is 1. The third kappa shape index (κ3) is 4.72. The zero-order chi connectivity index (χ0) is 23.3. The van der Waals surface area contributed by atoms with Gasteiger partial charge in [-0.05, 0) is 24.3 Å². The van der Waals surface area contributed by atoms with Crippen LogP contribution in [0.15, 0.2) is 64.8 Å². The first-order chi connectivity index (χ1) is 15.3. The van der Waals surface area contributed by atoms with Gasteiger partial charge < -0.3 is 14.6 Å². The molecule has 1 N–H and O–H groups in total. The quantitative estimate of drug-likeness (QED) is 0.484. The summed E-state index contributed by atoms with van der Waals surface area (Å²) in [5.41, 5.74) is 0.347. The number of pyridine rings is 2. The lowest BCUT2D eigenvalue weighted by Crippen LogP contribution is -2.37. The van der Waals surface area contributed by atoms with E-state index in [-0.39, 0.29) is 16.8 Å². The van der Waals surface area contributed by atoms with E-state index in [1.807, 2.05) is 30.1 Å². The highest BCUT2D eigenvalue weighted by Gasteiger charge is 2.14. The van der Waals surface area contributed by atoms with Crippen molar-refractivity contribution in [2.24, 2.45) is 14.1 Å². The maximum Gasteiger partial charge on any atom is 0.337 e. The molecule has 0 radical (unpaired) electrons. The maximum absolute atomic E-state index is 12.4. The third-order valence-corrected chi connectivity index (χ3v) is 4.84. The fourth-order valence-electron chi connectivity index (χ4n) is 3.01. The Balaban J connectivity index is 0.000000269. The predicted molar refractivity (Wildman–Crippen MR) is 119 cm³/mol. The molecular weight excluding hydrogens is 414 g/mol. The van der Waals surface area contributed by atoms with E-state index < -0.39 is 5.97 Å². The van der Waals surface area contributed by atoms with Crippen LogP contribution >= 0.6 is 0 Å². The highest BCUT2D eigenvalue weighted by molar-refractivity contribution is 5.86. The smallest absolute Gasteiger partial charge is 0.337 e. The molecule has 0 aliphatic heterocycles. The van der Waals surface area contributed by atoms with Crippen LogP contribution in [0.4, 0.5) is 5.82 Å². The van der Waals surface area contributed by atoms with Crippen LogP contribution in [-0.4, -0.2) is 53.3 Å². The van der Waals surface area contributed by atoms with Crippen LogP contribution in [0.5, 0.6) is 0 Å². The fourth-order valence-corrected chi connectivity index (χ4v) is 3.01. The number of likely N-dealkylation sites (N-methyl/N-ethyl adjacent to an activating group) is 1. The molecule has 4 aromatic heterocycles. The molecule has 166 valence electrons. The zero-order valence-corrected chi connectivity index (χ0v) is 17.9. The van der Waals surface area contributed by atoms with Crippen LogP contribution in [0.25, 0.3) is 11.2 Å². The minimum atomic E-state index is -0.942. The highest BCUT2D eigenvalue weighted by Crippen LogP contribution is 2.09. The molecule has 0 unspecified atom stereocenters. The van der Waals surface area contributed by atoms with Crippen molar-refractivity contribution in [1.29, 1.82) is 0 Å². The van der Waals surface area contributed by atoms with E-state index >= 15 is 0 Å². The van der Waals surface area contributed by atoms with Crippen LogP contribution in [0.2, 0.25) is 0 Å². The van der Waals surface area contributed by atoms with Crippen molar-refractivity contribution >= 4 is 23.0 Å². The molecule has 0 aliphatic rings. The van der Waals surface area contributed by atoms with Crippen molar-refractivity contribution in [2.75, 3.05) is 18.5 Å². The molecule has 4 rings (SSSR count). The Morgan fingerprint density at radius 3 is 2.44 bits per heavy atom. The van der Waals surface area contributed by atoms with Gasteiger partial charge in [0, 0.05) is 52.8 Å². The number of aromatic carboxylic acids is 1. The van der Waals surface area contributed by atoms with Gasteiger partial charge in [-0.1, -0.05) is 6.07 Å². The van der Waals surface area contributed by atoms with Gasteiger partial charge in [0.2, 0.25) is 0 Å². The lowest BCUT2D eigenvalue weighted by molar-refractivity contribution is 0.0696. The summed E-state index contributed by atoms with van der Waals surface area (Å²) in [6.45, 7) is 1.23. The topological polar surface area (TPSA) is 128 Å². The summed E-state index contributed by atoms with van der Waals surface area (Å²) in [5.74, 6) is -0.0830. The summed E-state index contributed by atoms with van der Waals surface area (Å²) in [7, 11) is 5.03. The Hall–Kier alpha value is -4.28. The van der Waals surface area contributed by atoms with Crippen LogP contribution in [0.3, 0.4) is 0 Å². The monoisotopic (exact) mass is 437 g/mol. The molecule has 0 aliphatic carbocycles. The van der Waals surface area contributed by atoms with E-state index in [2.05, 4.69) is 15.0 Å². The molecule has 11 nitrogen and oxygen atoms in total. The third-order valence-electron chi connectivity index (χ3n) is 4.84. The Kier molecular flexibility index (Phi) is 6.78. The van der Waals surface area contributed by atoms with Crippen LogP contribution < -0.4 is 16.1 Å². The van der Waals surface area contributed by atoms with Gasteiger partial charge in [-0.25, -0.2) is 19.6 Å². The molecule has 0 amide bonds. The largest absolute Gasteiger partial charge is 0.478 e. The number of carboxylic acid groups (broad SMARTS) is 1. The minimum Gasteiger partial charge on any atom is -0.478 e. The first-order valence-electron chi connectivity index (χ1n) is 9.67. The lowest BCUT2D eigenvalue weighted by Gasteiger charge is -2.18. The maximum atomic E-state index is 12.4. The van der Waals surface area contributed by atoms with Gasteiger partial charge >= 0.3 is 11.7 Å². The first kappa shape index (κ1) is 22.4. The molecule has 4 heterocycles. The van der Waals surface area contributed by atoms with Crippen molar-refractivity contribution in [2.45, 2.75) is 6.54 Å². The van der Waals surface area contributed by atoms with Gasteiger partial charge in [-0.15, -0.1) is 0 Å². The van der Waals surface area contributed by atoms with Gasteiger partial charge in [0.25, 0.3) is 5.56 Å². The minimum absolute atomic E-state index is 0.220. The molecule has 32 heavy (non-hydrogen) atoms. The van der Waals surface area contributed by atoms with Crippen molar-refractivity contribution < 1.29 is 9.90 Å². The van der Waals surface area contributed by atoms with Crippen LogP contribution in [-0.2, 0) is 20.6 Å². The summed E-state index contributed by atoms with van der Waals surface area (Å²) < 4.78 is 4.26. The number of anilines is 1. The van der Waals surface area contributed by atoms with Crippen LogP contribution in [0.1, 0.15) is 10.4 Å². The van der Waals surface area contributed by atoms with E-state index in [9.17, 15) is 14.4 Å². The predicted octanol–water partition coefficient (Wildman–Crippen LogP) is 0.745. The number of hydrogen-bond donors (Lipinski definition) is 1. The average Bonchev–Trinajstić information content (AvgIpc) is 3.25. The van der Waals surface area contributed by atoms with Gasteiger partial charge in [0.1, 0.15) is 5.82 Å². The molecule has 11 heteroatoms. The van der Waals surface area contributed by atoms with Crippen molar-refractivity contribution in [1.82, 2.24) is 28.7 Å². The molecule has 0 fully saturated rings. The molecule has 0 saturated heterocycles. The van der Waals surface area contributed by atoms with E-state index in [1.54, 1.807) is 30.2 Å². The number of carboxylic acids is 1. The van der Waals surface area contributed by atoms with Gasteiger partial charge in [0.05, 0.1) is 11.9 Å². The second-order valence-electron chi connectivity index (χ2n) is 6.97. The van der Waals surface area contributed by atoms with E-state index in [0.717, 1.165) is 10.4 Å². The second kappa shape index (κ2) is 9.69. The summed E-state index contributed by atoms with van der Waals surface area (Å²) in [6, 6.07) is 8.80. The zero-order valence-electron chi connectivity index (χ0n) is 17.9. The fraction of sp³-hybridized carbons (Fsp3) is 0.238. The molecule has 4 aromatic rings. The molecular formula is C21H23N7O4.